The summed E-state index contributed by atoms with van der Waals surface area (Å²) in [5.74, 6) is 0.438. The van der Waals surface area contributed by atoms with Gasteiger partial charge in [-0.15, -0.1) is 0 Å². The number of rotatable bonds is 6. The first kappa shape index (κ1) is 23.9. The molecule has 2 atom stereocenters. The molecular weight excluding hydrogens is 415 g/mol. The van der Waals surface area contributed by atoms with Gasteiger partial charge >= 0.3 is 0 Å². The van der Waals surface area contributed by atoms with Gasteiger partial charge in [0.2, 0.25) is 0 Å². The second kappa shape index (κ2) is 10.4. The molecule has 5 heteroatoms. The Morgan fingerprint density at radius 1 is 1.15 bits per heavy atom. The van der Waals surface area contributed by atoms with Gasteiger partial charge in [-0.05, 0) is 80.8 Å². The minimum atomic E-state index is -0.757. The fourth-order valence-corrected chi connectivity index (χ4v) is 5.45. The maximum absolute atomic E-state index is 13.3. The Hall–Kier alpha value is -2.24. The molecule has 0 aliphatic carbocycles. The van der Waals surface area contributed by atoms with Gasteiger partial charge in [0.1, 0.15) is 11.4 Å². The van der Waals surface area contributed by atoms with Gasteiger partial charge in [-0.3, -0.25) is 9.69 Å². The molecule has 2 heterocycles. The minimum Gasteiger partial charge on any atom is -0.363 e. The SMILES string of the molecule is Cc1cccc(CNC(=O)[C@@]2(C(C)C)CC[C@@H](N3CCC(c4ccc(F)cc4)CC3)CO2)c1. The largest absolute Gasteiger partial charge is 0.363 e. The van der Waals surface area contributed by atoms with E-state index in [9.17, 15) is 9.18 Å². The normalized spacial score (nSPS) is 24.7. The van der Waals surface area contributed by atoms with E-state index in [2.05, 4.69) is 43.1 Å². The summed E-state index contributed by atoms with van der Waals surface area (Å²) < 4.78 is 19.6. The molecule has 0 radical (unpaired) electrons. The lowest BCUT2D eigenvalue weighted by Gasteiger charge is -2.46. The molecule has 2 aliphatic rings. The van der Waals surface area contributed by atoms with E-state index in [4.69, 9.17) is 4.74 Å². The van der Waals surface area contributed by atoms with E-state index in [1.165, 1.54) is 11.1 Å². The van der Waals surface area contributed by atoms with Crippen LogP contribution in [0.15, 0.2) is 48.5 Å². The number of carbonyl (C=O) groups excluding carboxylic acids is 1. The maximum Gasteiger partial charge on any atom is 0.252 e. The highest BCUT2D eigenvalue weighted by atomic mass is 19.1. The van der Waals surface area contributed by atoms with Crippen LogP contribution in [0.1, 0.15) is 62.1 Å². The highest BCUT2D eigenvalue weighted by molar-refractivity contribution is 5.85. The predicted molar refractivity (Wildman–Crippen MR) is 130 cm³/mol. The van der Waals surface area contributed by atoms with Gasteiger partial charge in [-0.25, -0.2) is 4.39 Å². The Bertz CT molecular complexity index is 927. The zero-order valence-corrected chi connectivity index (χ0v) is 20.1. The van der Waals surface area contributed by atoms with Crippen molar-refractivity contribution >= 4 is 5.91 Å². The monoisotopic (exact) mass is 452 g/mol. The van der Waals surface area contributed by atoms with Crippen molar-refractivity contribution in [3.8, 4) is 0 Å². The molecule has 2 fully saturated rings. The van der Waals surface area contributed by atoms with Crippen molar-refractivity contribution in [3.63, 3.8) is 0 Å². The Kier molecular flexibility index (Phi) is 7.50. The lowest BCUT2D eigenvalue weighted by atomic mass is 9.80. The van der Waals surface area contributed by atoms with Crippen LogP contribution < -0.4 is 5.32 Å². The van der Waals surface area contributed by atoms with Crippen molar-refractivity contribution < 1.29 is 13.9 Å². The van der Waals surface area contributed by atoms with Crippen LogP contribution in [0, 0.1) is 18.7 Å². The van der Waals surface area contributed by atoms with Gasteiger partial charge in [0.05, 0.1) is 6.61 Å². The van der Waals surface area contributed by atoms with Crippen molar-refractivity contribution in [3.05, 3.63) is 71.0 Å². The van der Waals surface area contributed by atoms with Crippen LogP contribution in [0.25, 0.3) is 0 Å². The molecule has 0 aromatic heterocycles. The molecule has 0 spiro atoms. The first-order valence-electron chi connectivity index (χ1n) is 12.3. The number of piperidine rings is 1. The lowest BCUT2D eigenvalue weighted by Crippen LogP contribution is -2.58. The summed E-state index contributed by atoms with van der Waals surface area (Å²) in [6.45, 7) is 9.39. The lowest BCUT2D eigenvalue weighted by molar-refractivity contribution is -0.170. The minimum absolute atomic E-state index is 0.00692. The average Bonchev–Trinajstić information content (AvgIpc) is 2.83. The fraction of sp³-hybridized carbons (Fsp3) is 0.536. The molecular formula is C28H37FN2O2. The quantitative estimate of drug-likeness (QED) is 0.655. The Morgan fingerprint density at radius 3 is 2.48 bits per heavy atom. The van der Waals surface area contributed by atoms with E-state index in [1.807, 2.05) is 24.3 Å². The molecule has 2 aliphatic heterocycles. The van der Waals surface area contributed by atoms with Crippen LogP contribution >= 0.6 is 0 Å². The van der Waals surface area contributed by atoms with E-state index in [0.29, 0.717) is 25.1 Å². The van der Waals surface area contributed by atoms with Crippen LogP contribution in [-0.4, -0.2) is 42.1 Å². The first-order chi connectivity index (χ1) is 15.9. The Labute approximate surface area is 197 Å². The van der Waals surface area contributed by atoms with Crippen molar-refractivity contribution in [2.75, 3.05) is 19.7 Å². The predicted octanol–water partition coefficient (Wildman–Crippen LogP) is 5.20. The summed E-state index contributed by atoms with van der Waals surface area (Å²) in [7, 11) is 0. The van der Waals surface area contributed by atoms with Gasteiger partial charge in [-0.2, -0.15) is 0 Å². The molecule has 33 heavy (non-hydrogen) atoms. The molecule has 2 saturated heterocycles. The van der Waals surface area contributed by atoms with E-state index in [0.717, 1.165) is 44.3 Å². The van der Waals surface area contributed by atoms with Crippen molar-refractivity contribution in [1.82, 2.24) is 10.2 Å². The number of nitrogens with zero attached hydrogens (tertiary/aromatic N) is 1. The summed E-state index contributed by atoms with van der Waals surface area (Å²) in [6, 6.07) is 15.6. The molecule has 0 saturated carbocycles. The number of halogens is 1. The van der Waals surface area contributed by atoms with Crippen LogP contribution in [0.5, 0.6) is 0 Å². The third kappa shape index (κ3) is 5.47. The van der Waals surface area contributed by atoms with Crippen LogP contribution in [0.4, 0.5) is 4.39 Å². The summed E-state index contributed by atoms with van der Waals surface area (Å²) in [6.07, 6.45) is 3.87. The smallest absolute Gasteiger partial charge is 0.252 e. The van der Waals surface area contributed by atoms with Crippen molar-refractivity contribution in [2.45, 2.75) is 70.6 Å². The number of hydrogen-bond donors (Lipinski definition) is 1. The number of hydrogen-bond acceptors (Lipinski definition) is 3. The second-order valence-corrected chi connectivity index (χ2v) is 10.1. The molecule has 178 valence electrons. The number of ether oxygens (including phenoxy) is 1. The van der Waals surface area contributed by atoms with E-state index >= 15 is 0 Å². The topological polar surface area (TPSA) is 41.6 Å². The molecule has 1 amide bonds. The zero-order chi connectivity index (χ0) is 23.4. The van der Waals surface area contributed by atoms with E-state index in [-0.39, 0.29) is 17.6 Å². The summed E-state index contributed by atoms with van der Waals surface area (Å²) in [5.41, 5.74) is 2.78. The number of carbonyl (C=O) groups is 1. The third-order valence-corrected chi connectivity index (χ3v) is 7.62. The zero-order valence-electron chi connectivity index (χ0n) is 20.1. The van der Waals surface area contributed by atoms with Gasteiger partial charge in [0.25, 0.3) is 5.91 Å². The average molecular weight is 453 g/mol. The molecule has 2 aromatic rings. The van der Waals surface area contributed by atoms with Gasteiger partial charge in [0.15, 0.2) is 0 Å². The standard InChI is InChI=1S/C28H37FN2O2/c1-20(2)28(27(32)30-18-22-6-4-5-21(3)17-22)14-11-26(19-33-28)31-15-12-24(13-16-31)23-7-9-25(29)10-8-23/h4-10,17,20,24,26H,11-16,18-19H2,1-3H3,(H,30,32)/t26-,28+/m1/s1. The van der Waals surface area contributed by atoms with Gasteiger partial charge < -0.3 is 10.1 Å². The van der Waals surface area contributed by atoms with Crippen LogP contribution in [0.3, 0.4) is 0 Å². The third-order valence-electron chi connectivity index (χ3n) is 7.62. The summed E-state index contributed by atoms with van der Waals surface area (Å²) in [5, 5.41) is 3.14. The molecule has 2 aromatic carbocycles. The number of aryl methyl sites for hydroxylation is 1. The number of amides is 1. The number of likely N-dealkylation sites (tertiary alicyclic amines) is 1. The molecule has 0 unspecified atom stereocenters. The van der Waals surface area contributed by atoms with Crippen LogP contribution in [-0.2, 0) is 16.1 Å². The van der Waals surface area contributed by atoms with E-state index < -0.39 is 5.60 Å². The van der Waals surface area contributed by atoms with Crippen molar-refractivity contribution in [2.24, 2.45) is 5.92 Å². The molecule has 4 rings (SSSR count). The molecule has 0 bridgehead atoms. The van der Waals surface area contributed by atoms with Crippen LogP contribution in [0.2, 0.25) is 0 Å². The summed E-state index contributed by atoms with van der Waals surface area (Å²) >= 11 is 0. The maximum atomic E-state index is 13.3. The number of nitrogens with one attached hydrogen (secondary N) is 1. The number of benzene rings is 2. The summed E-state index contributed by atoms with van der Waals surface area (Å²) in [4.78, 5) is 15.8. The fourth-order valence-electron chi connectivity index (χ4n) is 5.45. The Balaban J connectivity index is 1.31. The van der Waals surface area contributed by atoms with Gasteiger partial charge in [0, 0.05) is 12.6 Å². The molecule has 1 N–H and O–H groups in total. The Morgan fingerprint density at radius 2 is 1.88 bits per heavy atom. The van der Waals surface area contributed by atoms with Crippen molar-refractivity contribution in [1.29, 1.82) is 0 Å². The molecule has 4 nitrogen and oxygen atoms in total. The van der Waals surface area contributed by atoms with Gasteiger partial charge in [-0.1, -0.05) is 55.8 Å². The highest BCUT2D eigenvalue weighted by Crippen LogP contribution is 2.36. The second-order valence-electron chi connectivity index (χ2n) is 10.1. The first-order valence-corrected chi connectivity index (χ1v) is 12.3. The highest BCUT2D eigenvalue weighted by Gasteiger charge is 2.46. The van der Waals surface area contributed by atoms with E-state index in [1.54, 1.807) is 12.1 Å².